The average Bonchev–Trinajstić information content (AvgIpc) is 3.08. The van der Waals surface area contributed by atoms with Gasteiger partial charge in [0.05, 0.1) is 6.04 Å². The fraction of sp³-hybridized carbons (Fsp3) is 0.312. The van der Waals surface area contributed by atoms with E-state index in [0.717, 1.165) is 11.3 Å². The molecule has 0 spiro atoms. The van der Waals surface area contributed by atoms with Crippen LogP contribution in [0.1, 0.15) is 23.7 Å². The third-order valence-electron chi connectivity index (χ3n) is 4.01. The highest BCUT2D eigenvalue weighted by Crippen LogP contribution is 2.32. The van der Waals surface area contributed by atoms with Gasteiger partial charge in [0.25, 0.3) is 0 Å². The number of hydrogen-bond acceptors (Lipinski definition) is 2. The predicted octanol–water partition coefficient (Wildman–Crippen LogP) is 2.22. The standard InChI is InChI=1S/C16H18FN3O/c1-20-15(21)9-14(19-10-13-3-2-8-18-13)16(20)11-4-6-12(17)7-5-11/h2-8,14,16,18-19H,9-10H2,1H3/t14-,16+/m1/s1. The van der Waals surface area contributed by atoms with Crippen molar-refractivity contribution in [3.8, 4) is 0 Å². The molecular weight excluding hydrogens is 269 g/mol. The van der Waals surface area contributed by atoms with Crippen molar-refractivity contribution < 1.29 is 9.18 Å². The molecule has 1 aliphatic heterocycles. The van der Waals surface area contributed by atoms with Gasteiger partial charge in [-0.05, 0) is 29.8 Å². The smallest absolute Gasteiger partial charge is 0.224 e. The molecule has 0 saturated carbocycles. The van der Waals surface area contributed by atoms with Crippen molar-refractivity contribution in [2.24, 2.45) is 0 Å². The van der Waals surface area contributed by atoms with Crippen LogP contribution in [0.2, 0.25) is 0 Å². The van der Waals surface area contributed by atoms with E-state index in [1.807, 2.05) is 18.3 Å². The number of amides is 1. The van der Waals surface area contributed by atoms with Gasteiger partial charge in [-0.2, -0.15) is 0 Å². The molecule has 1 amide bonds. The number of H-pyrrole nitrogens is 1. The number of nitrogens with zero attached hydrogens (tertiary/aromatic N) is 1. The van der Waals surface area contributed by atoms with Gasteiger partial charge in [0.1, 0.15) is 5.82 Å². The number of likely N-dealkylation sites (tertiary alicyclic amines) is 1. The molecule has 1 aliphatic rings. The Morgan fingerprint density at radius 1 is 1.33 bits per heavy atom. The molecule has 1 aromatic carbocycles. The summed E-state index contributed by atoms with van der Waals surface area (Å²) in [4.78, 5) is 16.9. The lowest BCUT2D eigenvalue weighted by Crippen LogP contribution is -2.34. The number of aromatic nitrogens is 1. The molecule has 0 bridgehead atoms. The Labute approximate surface area is 123 Å². The minimum absolute atomic E-state index is 0.0243. The second kappa shape index (κ2) is 5.69. The zero-order valence-electron chi connectivity index (χ0n) is 11.8. The van der Waals surface area contributed by atoms with Crippen LogP contribution in [0.3, 0.4) is 0 Å². The summed E-state index contributed by atoms with van der Waals surface area (Å²) in [5.74, 6) is -0.157. The monoisotopic (exact) mass is 287 g/mol. The molecule has 1 saturated heterocycles. The topological polar surface area (TPSA) is 48.1 Å². The highest BCUT2D eigenvalue weighted by atomic mass is 19.1. The Hall–Kier alpha value is -2.14. The predicted molar refractivity (Wildman–Crippen MR) is 77.9 cm³/mol. The van der Waals surface area contributed by atoms with Gasteiger partial charge >= 0.3 is 0 Å². The summed E-state index contributed by atoms with van der Waals surface area (Å²) in [6.45, 7) is 0.677. The van der Waals surface area contributed by atoms with E-state index >= 15 is 0 Å². The highest BCUT2D eigenvalue weighted by Gasteiger charge is 2.38. The summed E-state index contributed by atoms with van der Waals surface area (Å²) >= 11 is 0. The Bertz CT molecular complexity index is 609. The number of likely N-dealkylation sites (N-methyl/N-ethyl adjacent to an activating group) is 1. The van der Waals surface area contributed by atoms with E-state index < -0.39 is 0 Å². The first-order valence-electron chi connectivity index (χ1n) is 7.02. The van der Waals surface area contributed by atoms with E-state index in [9.17, 15) is 9.18 Å². The fourth-order valence-electron chi connectivity index (χ4n) is 2.89. The summed E-state index contributed by atoms with van der Waals surface area (Å²) in [5.41, 5.74) is 2.03. The van der Waals surface area contributed by atoms with Crippen LogP contribution in [-0.4, -0.2) is 28.9 Å². The molecule has 5 heteroatoms. The maximum absolute atomic E-state index is 13.1. The summed E-state index contributed by atoms with van der Waals surface area (Å²) in [6.07, 6.45) is 2.33. The second-order valence-corrected chi connectivity index (χ2v) is 5.39. The van der Waals surface area contributed by atoms with Gasteiger partial charge < -0.3 is 15.2 Å². The number of carbonyl (C=O) groups excluding carboxylic acids is 1. The van der Waals surface area contributed by atoms with E-state index in [1.165, 1.54) is 12.1 Å². The van der Waals surface area contributed by atoms with Gasteiger partial charge in [-0.25, -0.2) is 4.39 Å². The van der Waals surface area contributed by atoms with E-state index in [2.05, 4.69) is 10.3 Å². The van der Waals surface area contributed by atoms with Crippen molar-refractivity contribution in [3.05, 3.63) is 59.7 Å². The van der Waals surface area contributed by atoms with E-state index in [4.69, 9.17) is 0 Å². The normalized spacial score (nSPS) is 22.0. The molecule has 1 fully saturated rings. The van der Waals surface area contributed by atoms with E-state index in [1.54, 1.807) is 24.1 Å². The number of nitrogens with one attached hydrogen (secondary N) is 2. The van der Waals surface area contributed by atoms with Crippen LogP contribution >= 0.6 is 0 Å². The van der Waals surface area contributed by atoms with Gasteiger partial charge in [0.2, 0.25) is 5.91 Å². The van der Waals surface area contributed by atoms with Gasteiger partial charge in [-0.3, -0.25) is 4.79 Å². The number of rotatable bonds is 4. The zero-order chi connectivity index (χ0) is 14.8. The first-order chi connectivity index (χ1) is 10.1. The Morgan fingerprint density at radius 3 is 2.76 bits per heavy atom. The molecular formula is C16H18FN3O. The molecule has 4 nitrogen and oxygen atoms in total. The zero-order valence-corrected chi connectivity index (χ0v) is 11.8. The van der Waals surface area contributed by atoms with Crippen LogP contribution in [0, 0.1) is 5.82 Å². The molecule has 0 unspecified atom stereocenters. The summed E-state index contributed by atoms with van der Waals surface area (Å²) in [7, 11) is 1.80. The van der Waals surface area contributed by atoms with E-state index in [-0.39, 0.29) is 23.8 Å². The lowest BCUT2D eigenvalue weighted by Gasteiger charge is -2.26. The maximum atomic E-state index is 13.1. The molecule has 1 aromatic heterocycles. The molecule has 21 heavy (non-hydrogen) atoms. The molecule has 3 rings (SSSR count). The largest absolute Gasteiger partial charge is 0.364 e. The minimum atomic E-state index is -0.262. The van der Waals surface area contributed by atoms with Crippen LogP contribution < -0.4 is 5.32 Å². The van der Waals surface area contributed by atoms with Crippen LogP contribution in [0.25, 0.3) is 0 Å². The quantitative estimate of drug-likeness (QED) is 0.906. The lowest BCUT2D eigenvalue weighted by molar-refractivity contribution is -0.127. The first kappa shape index (κ1) is 13.8. The Balaban J connectivity index is 1.77. The van der Waals surface area contributed by atoms with Crippen molar-refractivity contribution in [1.82, 2.24) is 15.2 Å². The van der Waals surface area contributed by atoms with Crippen molar-refractivity contribution in [1.29, 1.82) is 0 Å². The number of hydrogen-bond donors (Lipinski definition) is 2. The molecule has 2 atom stereocenters. The molecule has 0 aliphatic carbocycles. The first-order valence-corrected chi connectivity index (χ1v) is 7.02. The number of carbonyl (C=O) groups is 1. The van der Waals surface area contributed by atoms with Gasteiger partial charge in [0, 0.05) is 37.9 Å². The highest BCUT2D eigenvalue weighted by molar-refractivity contribution is 5.80. The molecule has 2 heterocycles. The third kappa shape index (κ3) is 2.83. The Morgan fingerprint density at radius 2 is 2.10 bits per heavy atom. The van der Waals surface area contributed by atoms with Crippen LogP contribution in [0.4, 0.5) is 4.39 Å². The second-order valence-electron chi connectivity index (χ2n) is 5.39. The lowest BCUT2D eigenvalue weighted by atomic mass is 10.00. The Kier molecular flexibility index (Phi) is 3.75. The SMILES string of the molecule is CN1C(=O)C[C@@H](NCc2ccc[nH]2)[C@@H]1c1ccc(F)cc1. The fourth-order valence-corrected chi connectivity index (χ4v) is 2.89. The number of aromatic amines is 1. The van der Waals surface area contributed by atoms with Crippen LogP contribution in [-0.2, 0) is 11.3 Å². The molecule has 110 valence electrons. The number of halogens is 1. The average molecular weight is 287 g/mol. The van der Waals surface area contributed by atoms with Crippen molar-refractivity contribution in [2.75, 3.05) is 7.05 Å². The summed E-state index contributed by atoms with van der Waals surface area (Å²) < 4.78 is 13.1. The number of benzene rings is 1. The molecule has 0 radical (unpaired) electrons. The van der Waals surface area contributed by atoms with Gasteiger partial charge in [0.15, 0.2) is 0 Å². The van der Waals surface area contributed by atoms with Crippen molar-refractivity contribution >= 4 is 5.91 Å². The maximum Gasteiger partial charge on any atom is 0.224 e. The summed E-state index contributed by atoms with van der Waals surface area (Å²) in [5, 5.41) is 3.42. The van der Waals surface area contributed by atoms with Crippen molar-refractivity contribution in [2.45, 2.75) is 25.0 Å². The third-order valence-corrected chi connectivity index (χ3v) is 4.01. The van der Waals surface area contributed by atoms with Crippen LogP contribution in [0.5, 0.6) is 0 Å². The van der Waals surface area contributed by atoms with Crippen molar-refractivity contribution in [3.63, 3.8) is 0 Å². The van der Waals surface area contributed by atoms with E-state index in [0.29, 0.717) is 13.0 Å². The molecule has 2 N–H and O–H groups in total. The van der Waals surface area contributed by atoms with Gasteiger partial charge in [-0.1, -0.05) is 12.1 Å². The van der Waals surface area contributed by atoms with Gasteiger partial charge in [-0.15, -0.1) is 0 Å². The molecule has 2 aromatic rings. The van der Waals surface area contributed by atoms with Crippen LogP contribution in [0.15, 0.2) is 42.6 Å². The summed E-state index contributed by atoms with van der Waals surface area (Å²) in [6, 6.07) is 10.3. The minimum Gasteiger partial charge on any atom is -0.364 e.